The van der Waals surface area contributed by atoms with Gasteiger partial charge in [0.05, 0.1) is 22.3 Å². The van der Waals surface area contributed by atoms with Crippen LogP contribution in [0.25, 0.3) is 5.57 Å². The first kappa shape index (κ1) is 22.7. The molecule has 0 N–H and O–H groups in total. The van der Waals surface area contributed by atoms with Crippen LogP contribution in [0, 0.1) is 0 Å². The van der Waals surface area contributed by atoms with Crippen LogP contribution in [-0.4, -0.2) is 32.0 Å². The Hall–Kier alpha value is -3.51. The number of hydrogen-bond donors (Lipinski definition) is 0. The molecule has 0 fully saturated rings. The molecule has 0 radical (unpaired) electrons. The van der Waals surface area contributed by atoms with Crippen molar-refractivity contribution in [1.82, 2.24) is 0 Å². The first-order valence-corrected chi connectivity index (χ1v) is 11.6. The van der Waals surface area contributed by atoms with Crippen LogP contribution in [0.15, 0.2) is 88.7 Å². The minimum Gasteiger partial charge on any atom is -0.491 e. The zero-order valence-corrected chi connectivity index (χ0v) is 19.9. The first-order valence-electron chi connectivity index (χ1n) is 10.8. The highest BCUT2D eigenvalue weighted by Gasteiger charge is 2.40. The SMILES string of the molecule is CC(C)Oc1ccc(C2=C(Sc3ccccc3)C(=O)N(c3cccc(N(C)C)c3)C2=O)cc1. The second-order valence-electron chi connectivity index (χ2n) is 8.17. The van der Waals surface area contributed by atoms with E-state index in [1.807, 2.05) is 106 Å². The summed E-state index contributed by atoms with van der Waals surface area (Å²) in [5.74, 6) is 0.0769. The van der Waals surface area contributed by atoms with Gasteiger partial charge in [0, 0.05) is 24.7 Å². The lowest BCUT2D eigenvalue weighted by Crippen LogP contribution is -2.31. The smallest absolute Gasteiger partial charge is 0.272 e. The molecule has 0 aromatic heterocycles. The topological polar surface area (TPSA) is 49.9 Å². The van der Waals surface area contributed by atoms with Crippen molar-refractivity contribution in [3.8, 4) is 5.75 Å². The summed E-state index contributed by atoms with van der Waals surface area (Å²) in [5, 5.41) is 0. The Morgan fingerprint density at radius 3 is 2.18 bits per heavy atom. The molecule has 0 unspecified atom stereocenters. The fourth-order valence-electron chi connectivity index (χ4n) is 3.58. The van der Waals surface area contributed by atoms with Gasteiger partial charge in [-0.05, 0) is 61.9 Å². The van der Waals surface area contributed by atoms with Crippen molar-refractivity contribution in [2.45, 2.75) is 24.8 Å². The summed E-state index contributed by atoms with van der Waals surface area (Å²) in [5.41, 5.74) is 2.56. The second kappa shape index (κ2) is 9.55. The molecule has 0 saturated heterocycles. The minimum atomic E-state index is -0.327. The van der Waals surface area contributed by atoms with Crippen LogP contribution in [0.5, 0.6) is 5.75 Å². The Balaban J connectivity index is 1.77. The normalized spacial score (nSPS) is 13.8. The molecule has 6 heteroatoms. The van der Waals surface area contributed by atoms with E-state index in [1.165, 1.54) is 16.7 Å². The number of carbonyl (C=O) groups is 2. The number of amides is 2. The van der Waals surface area contributed by atoms with E-state index in [2.05, 4.69) is 0 Å². The van der Waals surface area contributed by atoms with E-state index in [4.69, 9.17) is 4.74 Å². The van der Waals surface area contributed by atoms with Crippen LogP contribution in [-0.2, 0) is 9.59 Å². The number of nitrogens with zero attached hydrogens (tertiary/aromatic N) is 2. The minimum absolute atomic E-state index is 0.0495. The Morgan fingerprint density at radius 2 is 1.55 bits per heavy atom. The lowest BCUT2D eigenvalue weighted by Gasteiger charge is -2.19. The van der Waals surface area contributed by atoms with Gasteiger partial charge in [0.2, 0.25) is 0 Å². The van der Waals surface area contributed by atoms with Gasteiger partial charge in [-0.15, -0.1) is 0 Å². The zero-order valence-electron chi connectivity index (χ0n) is 19.1. The number of anilines is 2. The highest BCUT2D eigenvalue weighted by Crippen LogP contribution is 2.42. The molecule has 5 nitrogen and oxygen atoms in total. The molecule has 168 valence electrons. The van der Waals surface area contributed by atoms with Crippen LogP contribution >= 0.6 is 11.8 Å². The molecule has 4 rings (SSSR count). The van der Waals surface area contributed by atoms with Crippen LogP contribution in [0.2, 0.25) is 0 Å². The molecule has 0 spiro atoms. The van der Waals surface area contributed by atoms with Crippen molar-refractivity contribution in [2.75, 3.05) is 23.9 Å². The van der Waals surface area contributed by atoms with E-state index >= 15 is 0 Å². The number of carbonyl (C=O) groups excluding carboxylic acids is 2. The predicted octanol–water partition coefficient (Wildman–Crippen LogP) is 5.62. The average molecular weight is 459 g/mol. The number of benzene rings is 3. The number of ether oxygens (including phenoxy) is 1. The standard InChI is InChI=1S/C27H26N2O3S/c1-18(2)32-22-15-13-19(14-16-22)24-25(33-23-11-6-5-7-12-23)27(31)29(26(24)30)21-10-8-9-20(17-21)28(3)4/h5-18H,1-4H3. The molecule has 0 bridgehead atoms. The van der Waals surface area contributed by atoms with Crippen molar-refractivity contribution in [3.05, 3.63) is 89.3 Å². The zero-order chi connectivity index (χ0) is 23.5. The van der Waals surface area contributed by atoms with Crippen LogP contribution in [0.4, 0.5) is 11.4 Å². The highest BCUT2D eigenvalue weighted by molar-refractivity contribution is 8.04. The maximum atomic E-state index is 13.7. The van der Waals surface area contributed by atoms with E-state index in [9.17, 15) is 9.59 Å². The third-order valence-electron chi connectivity index (χ3n) is 5.12. The molecule has 3 aromatic rings. The maximum absolute atomic E-state index is 13.7. The summed E-state index contributed by atoms with van der Waals surface area (Å²) in [6.07, 6.45) is 0.0495. The van der Waals surface area contributed by atoms with E-state index in [0.29, 0.717) is 21.7 Å². The van der Waals surface area contributed by atoms with E-state index < -0.39 is 0 Å². The Labute approximate surface area is 198 Å². The summed E-state index contributed by atoms with van der Waals surface area (Å²) in [6.45, 7) is 3.92. The van der Waals surface area contributed by atoms with Crippen molar-refractivity contribution in [2.24, 2.45) is 0 Å². The lowest BCUT2D eigenvalue weighted by atomic mass is 10.1. The average Bonchev–Trinajstić information content (AvgIpc) is 3.04. The maximum Gasteiger partial charge on any atom is 0.272 e. The summed E-state index contributed by atoms with van der Waals surface area (Å²) in [7, 11) is 3.85. The van der Waals surface area contributed by atoms with Gasteiger partial charge in [-0.3, -0.25) is 9.59 Å². The quantitative estimate of drug-likeness (QED) is 0.430. The lowest BCUT2D eigenvalue weighted by molar-refractivity contribution is -0.119. The van der Waals surface area contributed by atoms with E-state index in [-0.39, 0.29) is 17.9 Å². The van der Waals surface area contributed by atoms with Crippen LogP contribution < -0.4 is 14.5 Å². The van der Waals surface area contributed by atoms with Gasteiger partial charge >= 0.3 is 0 Å². The molecule has 3 aromatic carbocycles. The fraction of sp³-hybridized carbons (Fsp3) is 0.185. The fourth-order valence-corrected chi connectivity index (χ4v) is 4.60. The van der Waals surface area contributed by atoms with Gasteiger partial charge in [-0.25, -0.2) is 4.90 Å². The molecule has 1 heterocycles. The summed E-state index contributed by atoms with van der Waals surface area (Å²) in [4.78, 5) is 31.8. The van der Waals surface area contributed by atoms with Crippen LogP contribution in [0.1, 0.15) is 19.4 Å². The Bertz CT molecular complexity index is 1200. The summed E-state index contributed by atoms with van der Waals surface area (Å²) >= 11 is 1.32. The third kappa shape index (κ3) is 4.81. The van der Waals surface area contributed by atoms with Gasteiger partial charge in [0.15, 0.2) is 0 Å². The number of thioether (sulfide) groups is 1. The number of rotatable bonds is 7. The van der Waals surface area contributed by atoms with Crippen molar-refractivity contribution < 1.29 is 14.3 Å². The molecule has 0 aliphatic carbocycles. The van der Waals surface area contributed by atoms with E-state index in [0.717, 1.165) is 16.3 Å². The monoisotopic (exact) mass is 458 g/mol. The highest BCUT2D eigenvalue weighted by atomic mass is 32.2. The second-order valence-corrected chi connectivity index (χ2v) is 9.25. The molecule has 2 amide bonds. The molecule has 1 aliphatic rings. The van der Waals surface area contributed by atoms with Gasteiger partial charge in [-0.1, -0.05) is 48.2 Å². The summed E-state index contributed by atoms with van der Waals surface area (Å²) < 4.78 is 5.74. The summed E-state index contributed by atoms with van der Waals surface area (Å²) in [6, 6.07) is 24.4. The number of hydrogen-bond acceptors (Lipinski definition) is 5. The van der Waals surface area contributed by atoms with Crippen molar-refractivity contribution in [1.29, 1.82) is 0 Å². The molecule has 0 atom stereocenters. The molecule has 0 saturated carbocycles. The number of imide groups is 1. The third-order valence-corrected chi connectivity index (χ3v) is 6.21. The molecular formula is C27H26N2O3S. The molecule has 33 heavy (non-hydrogen) atoms. The van der Waals surface area contributed by atoms with E-state index in [1.54, 1.807) is 6.07 Å². The molecular weight excluding hydrogens is 432 g/mol. The van der Waals surface area contributed by atoms with Crippen molar-refractivity contribution >= 4 is 40.5 Å². The van der Waals surface area contributed by atoms with Crippen LogP contribution in [0.3, 0.4) is 0 Å². The van der Waals surface area contributed by atoms with Crippen molar-refractivity contribution in [3.63, 3.8) is 0 Å². The Kier molecular flexibility index (Phi) is 6.56. The van der Waals surface area contributed by atoms with Gasteiger partial charge in [0.25, 0.3) is 11.8 Å². The first-order chi connectivity index (χ1) is 15.8. The largest absolute Gasteiger partial charge is 0.491 e. The predicted molar refractivity (Wildman–Crippen MR) is 135 cm³/mol. The van der Waals surface area contributed by atoms with Gasteiger partial charge in [0.1, 0.15) is 5.75 Å². The van der Waals surface area contributed by atoms with Gasteiger partial charge in [-0.2, -0.15) is 0 Å². The van der Waals surface area contributed by atoms with Gasteiger partial charge < -0.3 is 9.64 Å². The molecule has 1 aliphatic heterocycles. The Morgan fingerprint density at radius 1 is 0.848 bits per heavy atom.